The molecule has 4 rings (SSSR count). The number of carbonyl (C=O) groups excluding carboxylic acids is 1. The number of nitrogens with one attached hydrogen (secondary N) is 1. The molecule has 1 N–H and O–H groups in total. The minimum Gasteiger partial charge on any atom is -0.497 e. The van der Waals surface area contributed by atoms with E-state index in [1.807, 2.05) is 51.1 Å². The SMILES string of the molecule is COc1ccc(OC)c(-c2cc(Cl)c3c(c2)CC(CNC(=O)C(C)n2nc(C)cc2C)O3)c1. The van der Waals surface area contributed by atoms with E-state index in [1.54, 1.807) is 18.9 Å². The molecular formula is C25H28ClN3O4. The maximum absolute atomic E-state index is 12.7. The second-order valence-corrected chi connectivity index (χ2v) is 8.66. The molecule has 0 aliphatic carbocycles. The molecular weight excluding hydrogens is 442 g/mol. The van der Waals surface area contributed by atoms with E-state index in [2.05, 4.69) is 16.5 Å². The molecule has 1 aromatic heterocycles. The van der Waals surface area contributed by atoms with Crippen LogP contribution in [0.4, 0.5) is 0 Å². The Hall–Kier alpha value is -3.19. The van der Waals surface area contributed by atoms with Gasteiger partial charge >= 0.3 is 0 Å². The molecule has 8 heteroatoms. The Bertz CT molecular complexity index is 1190. The van der Waals surface area contributed by atoms with Gasteiger partial charge in [-0.05, 0) is 62.7 Å². The van der Waals surface area contributed by atoms with Gasteiger partial charge in [-0.1, -0.05) is 11.6 Å². The number of hydrogen-bond acceptors (Lipinski definition) is 5. The van der Waals surface area contributed by atoms with Crippen molar-refractivity contribution in [2.45, 2.75) is 39.3 Å². The fourth-order valence-corrected chi connectivity index (χ4v) is 4.49. The third-order valence-corrected chi connectivity index (χ3v) is 6.15. The summed E-state index contributed by atoms with van der Waals surface area (Å²) in [6.45, 7) is 6.07. The van der Waals surface area contributed by atoms with E-state index in [-0.39, 0.29) is 12.0 Å². The number of amides is 1. The van der Waals surface area contributed by atoms with E-state index in [9.17, 15) is 4.79 Å². The van der Waals surface area contributed by atoms with Crippen molar-refractivity contribution in [1.29, 1.82) is 0 Å². The number of rotatable bonds is 7. The highest BCUT2D eigenvalue weighted by Gasteiger charge is 2.28. The van der Waals surface area contributed by atoms with Crippen molar-refractivity contribution >= 4 is 17.5 Å². The molecule has 174 valence electrons. The van der Waals surface area contributed by atoms with Crippen LogP contribution in [-0.2, 0) is 11.2 Å². The van der Waals surface area contributed by atoms with Gasteiger partial charge in [-0.25, -0.2) is 0 Å². The standard InChI is InChI=1S/C25H28ClN3O4/c1-14-8-15(2)29(28-14)16(3)25(30)27-13-20-10-18-9-17(11-22(26)24(18)33-20)21-12-19(31-4)6-7-23(21)32-5/h6-9,11-12,16,20H,10,13H2,1-5H3,(H,27,30). The van der Waals surface area contributed by atoms with E-state index >= 15 is 0 Å². The monoisotopic (exact) mass is 469 g/mol. The Morgan fingerprint density at radius 1 is 1.24 bits per heavy atom. The molecule has 0 saturated carbocycles. The van der Waals surface area contributed by atoms with E-state index in [0.29, 0.717) is 23.7 Å². The lowest BCUT2D eigenvalue weighted by molar-refractivity contribution is -0.124. The van der Waals surface area contributed by atoms with Crippen LogP contribution in [0.25, 0.3) is 11.1 Å². The van der Waals surface area contributed by atoms with Gasteiger partial charge < -0.3 is 19.5 Å². The van der Waals surface area contributed by atoms with Crippen LogP contribution in [0.5, 0.6) is 17.2 Å². The third-order valence-electron chi connectivity index (χ3n) is 5.87. The second kappa shape index (κ2) is 9.35. The number of halogens is 1. The van der Waals surface area contributed by atoms with Crippen molar-refractivity contribution in [1.82, 2.24) is 15.1 Å². The predicted octanol–water partition coefficient (Wildman–Crippen LogP) is 4.52. The number of hydrogen-bond donors (Lipinski definition) is 1. The summed E-state index contributed by atoms with van der Waals surface area (Å²) in [5, 5.41) is 7.92. The summed E-state index contributed by atoms with van der Waals surface area (Å²) in [7, 11) is 3.26. The molecule has 0 spiro atoms. The van der Waals surface area contributed by atoms with E-state index in [0.717, 1.165) is 39.6 Å². The van der Waals surface area contributed by atoms with Crippen LogP contribution in [-0.4, -0.2) is 42.6 Å². The number of fused-ring (bicyclic) bond motifs is 1. The highest BCUT2D eigenvalue weighted by Crippen LogP contribution is 2.42. The van der Waals surface area contributed by atoms with Gasteiger partial charge in [-0.2, -0.15) is 5.10 Å². The molecule has 33 heavy (non-hydrogen) atoms. The van der Waals surface area contributed by atoms with E-state index in [1.165, 1.54) is 0 Å². The van der Waals surface area contributed by atoms with Gasteiger partial charge in [0.15, 0.2) is 0 Å². The van der Waals surface area contributed by atoms with Crippen molar-refractivity contribution < 1.29 is 19.0 Å². The molecule has 2 atom stereocenters. The average molecular weight is 470 g/mol. The van der Waals surface area contributed by atoms with Crippen molar-refractivity contribution in [2.24, 2.45) is 0 Å². The summed E-state index contributed by atoms with van der Waals surface area (Å²) < 4.78 is 18.7. The first-order valence-corrected chi connectivity index (χ1v) is 11.2. The molecule has 1 amide bonds. The van der Waals surface area contributed by atoms with Crippen molar-refractivity contribution in [3.63, 3.8) is 0 Å². The topological polar surface area (TPSA) is 74.6 Å². The summed E-state index contributed by atoms with van der Waals surface area (Å²) in [4.78, 5) is 12.7. The highest BCUT2D eigenvalue weighted by atomic mass is 35.5. The third kappa shape index (κ3) is 4.64. The van der Waals surface area contributed by atoms with Gasteiger partial charge in [-0.15, -0.1) is 0 Å². The number of aryl methyl sites for hydroxylation is 2. The first-order valence-electron chi connectivity index (χ1n) is 10.8. The first-order chi connectivity index (χ1) is 15.8. The van der Waals surface area contributed by atoms with E-state index in [4.69, 9.17) is 25.8 Å². The Morgan fingerprint density at radius 3 is 2.70 bits per heavy atom. The highest BCUT2D eigenvalue weighted by molar-refractivity contribution is 6.32. The number of aromatic nitrogens is 2. The van der Waals surface area contributed by atoms with Crippen LogP contribution >= 0.6 is 11.6 Å². The largest absolute Gasteiger partial charge is 0.497 e. The molecule has 0 saturated heterocycles. The van der Waals surface area contributed by atoms with Gasteiger partial charge in [0.25, 0.3) is 0 Å². The Morgan fingerprint density at radius 2 is 2.03 bits per heavy atom. The van der Waals surface area contributed by atoms with Gasteiger partial charge in [0, 0.05) is 23.2 Å². The molecule has 1 aliphatic rings. The Kier molecular flexibility index (Phi) is 6.51. The number of ether oxygens (including phenoxy) is 3. The predicted molar refractivity (Wildman–Crippen MR) is 128 cm³/mol. The molecule has 2 heterocycles. The Balaban J connectivity index is 1.47. The van der Waals surface area contributed by atoms with Crippen LogP contribution in [0.15, 0.2) is 36.4 Å². The quantitative estimate of drug-likeness (QED) is 0.550. The number of carbonyl (C=O) groups is 1. The second-order valence-electron chi connectivity index (χ2n) is 8.25. The maximum Gasteiger partial charge on any atom is 0.244 e. The van der Waals surface area contributed by atoms with Crippen LogP contribution in [0, 0.1) is 13.8 Å². The van der Waals surface area contributed by atoms with Crippen LogP contribution in [0.1, 0.15) is 29.9 Å². The van der Waals surface area contributed by atoms with Crippen LogP contribution in [0.2, 0.25) is 5.02 Å². The summed E-state index contributed by atoms with van der Waals surface area (Å²) in [5.74, 6) is 2.02. The zero-order valence-corrected chi connectivity index (χ0v) is 20.2. The van der Waals surface area contributed by atoms with Crippen LogP contribution < -0.4 is 19.5 Å². The zero-order valence-electron chi connectivity index (χ0n) is 19.4. The lowest BCUT2D eigenvalue weighted by Gasteiger charge is -2.17. The molecule has 0 fully saturated rings. The first kappa shape index (κ1) is 23.0. The molecule has 7 nitrogen and oxygen atoms in total. The molecule has 2 aromatic carbocycles. The fraction of sp³-hybridized carbons (Fsp3) is 0.360. The minimum absolute atomic E-state index is 0.103. The number of methoxy groups -OCH3 is 2. The van der Waals surface area contributed by atoms with E-state index < -0.39 is 6.04 Å². The molecule has 0 bridgehead atoms. The minimum atomic E-state index is -0.404. The summed E-state index contributed by atoms with van der Waals surface area (Å²) in [5.41, 5.74) is 4.64. The normalized spacial score (nSPS) is 15.5. The fourth-order valence-electron chi connectivity index (χ4n) is 4.21. The molecule has 3 aromatic rings. The summed E-state index contributed by atoms with van der Waals surface area (Å²) in [6, 6.07) is 11.1. The van der Waals surface area contributed by atoms with Crippen molar-refractivity contribution in [2.75, 3.05) is 20.8 Å². The zero-order chi connectivity index (χ0) is 23.7. The molecule has 0 radical (unpaired) electrons. The molecule has 2 unspecified atom stereocenters. The number of nitrogens with zero attached hydrogens (tertiary/aromatic N) is 2. The van der Waals surface area contributed by atoms with Crippen LogP contribution in [0.3, 0.4) is 0 Å². The average Bonchev–Trinajstić information content (AvgIpc) is 3.38. The summed E-state index contributed by atoms with van der Waals surface area (Å²) in [6.07, 6.45) is 0.445. The lowest BCUT2D eigenvalue weighted by atomic mass is 9.99. The Labute approximate surface area is 198 Å². The van der Waals surface area contributed by atoms with Gasteiger partial charge in [-0.3, -0.25) is 9.48 Å². The van der Waals surface area contributed by atoms with Crippen molar-refractivity contribution in [3.05, 3.63) is 58.4 Å². The smallest absolute Gasteiger partial charge is 0.244 e. The number of benzene rings is 2. The van der Waals surface area contributed by atoms with Crippen molar-refractivity contribution in [3.8, 4) is 28.4 Å². The van der Waals surface area contributed by atoms with Gasteiger partial charge in [0.2, 0.25) is 5.91 Å². The molecule has 1 aliphatic heterocycles. The lowest BCUT2D eigenvalue weighted by Crippen LogP contribution is -2.38. The maximum atomic E-state index is 12.7. The van der Waals surface area contributed by atoms with Gasteiger partial charge in [0.05, 0.1) is 31.5 Å². The van der Waals surface area contributed by atoms with Gasteiger partial charge in [0.1, 0.15) is 29.4 Å². The summed E-state index contributed by atoms with van der Waals surface area (Å²) >= 11 is 6.58.